The van der Waals surface area contributed by atoms with Crippen LogP contribution >= 0.6 is 0 Å². The molecule has 1 saturated carbocycles. The molecule has 1 aromatic carbocycles. The Balaban J connectivity index is 1.83. The highest BCUT2D eigenvalue weighted by Crippen LogP contribution is 2.33. The zero-order valence-corrected chi connectivity index (χ0v) is 20.9. The van der Waals surface area contributed by atoms with Crippen LogP contribution in [0.1, 0.15) is 70.8 Å². The van der Waals surface area contributed by atoms with Gasteiger partial charge in [0.05, 0.1) is 6.07 Å². The molecule has 2 aliphatic rings. The highest BCUT2D eigenvalue weighted by Gasteiger charge is 2.49. The van der Waals surface area contributed by atoms with Gasteiger partial charge in [0.2, 0.25) is 5.91 Å². The summed E-state index contributed by atoms with van der Waals surface area (Å²) in [6, 6.07) is 11.7. The first-order valence-corrected chi connectivity index (χ1v) is 12.8. The van der Waals surface area contributed by atoms with E-state index in [-0.39, 0.29) is 30.7 Å². The number of imide groups is 1. The smallest absolute Gasteiger partial charge is 0.408 e. The van der Waals surface area contributed by atoms with Crippen molar-refractivity contribution >= 4 is 17.9 Å². The summed E-state index contributed by atoms with van der Waals surface area (Å²) in [7, 11) is 0. The van der Waals surface area contributed by atoms with Gasteiger partial charge in [-0.3, -0.25) is 14.5 Å². The number of hydrogen-bond donors (Lipinski definition) is 2. The topological polar surface area (TPSA) is 112 Å². The van der Waals surface area contributed by atoms with Crippen LogP contribution < -0.4 is 10.6 Å². The second kappa shape index (κ2) is 12.7. The third kappa shape index (κ3) is 7.04. The molecule has 2 N–H and O–H groups in total. The number of hydrogen-bond acceptors (Lipinski definition) is 6. The van der Waals surface area contributed by atoms with E-state index in [1.807, 2.05) is 44.2 Å². The fourth-order valence-corrected chi connectivity index (χ4v) is 5.00. The lowest BCUT2D eigenvalue weighted by molar-refractivity contribution is -0.160. The zero-order valence-electron chi connectivity index (χ0n) is 20.9. The second-order valence-electron chi connectivity index (χ2n) is 10.1. The lowest BCUT2D eigenvalue weighted by Gasteiger charge is -2.43. The number of carbonyl (C=O) groups is 3. The SMILES string of the molecule is CC(C)CC(OC(=O)NCc1ccccc1)C(=O)N(C(=O)C1CCCCC1)C1(C#N)CCNCC1. The molecule has 35 heavy (non-hydrogen) atoms. The van der Waals surface area contributed by atoms with Crippen molar-refractivity contribution in [2.75, 3.05) is 13.1 Å². The number of alkyl carbamates (subject to hydrolysis) is 1. The third-order valence-electron chi connectivity index (χ3n) is 6.95. The Morgan fingerprint density at radius 3 is 2.40 bits per heavy atom. The molecule has 1 unspecified atom stereocenters. The first-order chi connectivity index (χ1) is 16.9. The maximum Gasteiger partial charge on any atom is 0.408 e. The van der Waals surface area contributed by atoms with Gasteiger partial charge in [-0.2, -0.15) is 5.26 Å². The molecule has 8 heteroatoms. The quantitative estimate of drug-likeness (QED) is 0.581. The monoisotopic (exact) mass is 482 g/mol. The number of piperidine rings is 1. The molecule has 2 fully saturated rings. The molecular weight excluding hydrogens is 444 g/mol. The highest BCUT2D eigenvalue weighted by molar-refractivity contribution is 6.00. The first kappa shape index (κ1) is 26.7. The van der Waals surface area contributed by atoms with Gasteiger partial charge in [-0.1, -0.05) is 63.4 Å². The average molecular weight is 483 g/mol. The summed E-state index contributed by atoms with van der Waals surface area (Å²) < 4.78 is 5.63. The van der Waals surface area contributed by atoms with E-state index in [1.54, 1.807) is 0 Å². The van der Waals surface area contributed by atoms with Crippen molar-refractivity contribution in [3.8, 4) is 6.07 Å². The predicted molar refractivity (Wildman–Crippen MR) is 132 cm³/mol. The van der Waals surface area contributed by atoms with Crippen LogP contribution in [-0.2, 0) is 20.9 Å². The normalized spacial score (nSPS) is 18.8. The number of nitrogens with zero attached hydrogens (tertiary/aromatic N) is 2. The minimum Gasteiger partial charge on any atom is -0.436 e. The molecule has 3 rings (SSSR count). The van der Waals surface area contributed by atoms with E-state index in [1.165, 1.54) is 4.90 Å². The van der Waals surface area contributed by atoms with Gasteiger partial charge in [0.1, 0.15) is 5.54 Å². The maximum atomic E-state index is 14.0. The molecule has 0 spiro atoms. The number of carbonyl (C=O) groups excluding carboxylic acids is 3. The summed E-state index contributed by atoms with van der Waals surface area (Å²) in [6.45, 7) is 5.22. The van der Waals surface area contributed by atoms with Crippen LogP contribution in [0.5, 0.6) is 0 Å². The van der Waals surface area contributed by atoms with E-state index in [0.717, 1.165) is 37.7 Å². The molecular formula is C27H38N4O4. The standard InChI is InChI=1S/C27H38N4O4/c1-20(2)17-23(35-26(34)30-18-21-9-5-3-6-10-21)25(33)31(24(32)22-11-7-4-8-12-22)27(19-28)13-15-29-16-14-27/h3,5-6,9-10,20,22-23,29H,4,7-8,11-18H2,1-2H3,(H,30,34). The second-order valence-corrected chi connectivity index (χ2v) is 10.1. The molecule has 1 aliphatic carbocycles. The summed E-state index contributed by atoms with van der Waals surface area (Å²) in [5.74, 6) is -1.10. The Morgan fingerprint density at radius 1 is 1.14 bits per heavy atom. The molecule has 0 radical (unpaired) electrons. The van der Waals surface area contributed by atoms with Gasteiger partial charge in [-0.15, -0.1) is 0 Å². The van der Waals surface area contributed by atoms with E-state index in [0.29, 0.717) is 25.9 Å². The maximum absolute atomic E-state index is 14.0. The molecule has 1 aliphatic heterocycles. The van der Waals surface area contributed by atoms with E-state index < -0.39 is 23.6 Å². The van der Waals surface area contributed by atoms with Crippen LogP contribution in [0.3, 0.4) is 0 Å². The molecule has 1 heterocycles. The molecule has 1 aromatic rings. The lowest BCUT2D eigenvalue weighted by Crippen LogP contribution is -2.62. The van der Waals surface area contributed by atoms with Crippen LogP contribution in [0, 0.1) is 23.2 Å². The lowest BCUT2D eigenvalue weighted by atomic mass is 9.83. The van der Waals surface area contributed by atoms with E-state index >= 15 is 0 Å². The summed E-state index contributed by atoms with van der Waals surface area (Å²) in [6.07, 6.45) is 3.53. The van der Waals surface area contributed by atoms with Crippen LogP contribution in [0.25, 0.3) is 0 Å². The Morgan fingerprint density at radius 2 is 1.80 bits per heavy atom. The van der Waals surface area contributed by atoms with Crippen molar-refractivity contribution in [1.82, 2.24) is 15.5 Å². The molecule has 190 valence electrons. The van der Waals surface area contributed by atoms with E-state index in [9.17, 15) is 19.6 Å². The number of nitriles is 1. The third-order valence-corrected chi connectivity index (χ3v) is 6.95. The van der Waals surface area contributed by atoms with E-state index in [4.69, 9.17) is 4.74 Å². The van der Waals surface area contributed by atoms with Gasteiger partial charge < -0.3 is 15.4 Å². The Labute approximate surface area is 208 Å². The minimum atomic E-state index is -1.23. The Kier molecular flexibility index (Phi) is 9.67. The predicted octanol–water partition coefficient (Wildman–Crippen LogP) is 3.91. The Hall–Kier alpha value is -2.92. The highest BCUT2D eigenvalue weighted by atomic mass is 16.6. The Bertz CT molecular complexity index is 900. The summed E-state index contributed by atoms with van der Waals surface area (Å²) >= 11 is 0. The molecule has 8 nitrogen and oxygen atoms in total. The van der Waals surface area contributed by atoms with E-state index in [2.05, 4.69) is 16.7 Å². The van der Waals surface area contributed by atoms with Crippen molar-refractivity contribution in [2.45, 2.75) is 83.4 Å². The fraction of sp³-hybridized carbons (Fsp3) is 0.630. The zero-order chi connectivity index (χ0) is 25.3. The summed E-state index contributed by atoms with van der Waals surface area (Å²) in [5.41, 5.74) is -0.320. The number of nitrogens with one attached hydrogen (secondary N) is 2. The van der Waals surface area contributed by atoms with Gasteiger partial charge in [-0.25, -0.2) is 4.79 Å². The molecule has 0 aromatic heterocycles. The number of rotatable bonds is 8. The minimum absolute atomic E-state index is 0.0450. The van der Waals surface area contributed by atoms with Gasteiger partial charge in [-0.05, 0) is 56.7 Å². The molecule has 1 saturated heterocycles. The number of benzene rings is 1. The van der Waals surface area contributed by atoms with Crippen LogP contribution in [-0.4, -0.2) is 47.5 Å². The summed E-state index contributed by atoms with van der Waals surface area (Å²) in [5, 5.41) is 16.1. The van der Waals surface area contributed by atoms with Crippen molar-refractivity contribution in [3.05, 3.63) is 35.9 Å². The van der Waals surface area contributed by atoms with Gasteiger partial charge in [0.15, 0.2) is 6.10 Å². The molecule has 1 atom stereocenters. The van der Waals surface area contributed by atoms with Crippen molar-refractivity contribution in [2.24, 2.45) is 11.8 Å². The van der Waals surface area contributed by atoms with Gasteiger partial charge in [0.25, 0.3) is 5.91 Å². The number of ether oxygens (including phenoxy) is 1. The molecule has 0 bridgehead atoms. The van der Waals surface area contributed by atoms with Crippen LogP contribution in [0.4, 0.5) is 4.79 Å². The first-order valence-electron chi connectivity index (χ1n) is 12.8. The largest absolute Gasteiger partial charge is 0.436 e. The average Bonchev–Trinajstić information content (AvgIpc) is 2.88. The van der Waals surface area contributed by atoms with Crippen LogP contribution in [0.15, 0.2) is 30.3 Å². The molecule has 3 amide bonds. The fourth-order valence-electron chi connectivity index (χ4n) is 5.00. The van der Waals surface area contributed by atoms with Crippen molar-refractivity contribution < 1.29 is 19.1 Å². The van der Waals surface area contributed by atoms with Crippen LogP contribution in [0.2, 0.25) is 0 Å². The number of amides is 3. The van der Waals surface area contributed by atoms with Crippen molar-refractivity contribution in [3.63, 3.8) is 0 Å². The van der Waals surface area contributed by atoms with Crippen molar-refractivity contribution in [1.29, 1.82) is 5.26 Å². The van der Waals surface area contributed by atoms with Gasteiger partial charge >= 0.3 is 6.09 Å². The van der Waals surface area contributed by atoms with Gasteiger partial charge in [0, 0.05) is 12.5 Å². The summed E-state index contributed by atoms with van der Waals surface area (Å²) in [4.78, 5) is 41.6.